The predicted octanol–water partition coefficient (Wildman–Crippen LogP) is 2.03. The van der Waals surface area contributed by atoms with Gasteiger partial charge in [0.25, 0.3) is 0 Å². The molecule has 0 bridgehead atoms. The highest BCUT2D eigenvalue weighted by Crippen LogP contribution is 2.18. The van der Waals surface area contributed by atoms with Crippen molar-refractivity contribution in [2.45, 2.75) is 51.7 Å². The first-order valence-corrected chi connectivity index (χ1v) is 5.71. The van der Waals surface area contributed by atoms with Gasteiger partial charge in [-0.1, -0.05) is 11.6 Å². The van der Waals surface area contributed by atoms with Crippen LogP contribution in [0.1, 0.15) is 39.5 Å². The van der Waals surface area contributed by atoms with E-state index in [2.05, 4.69) is 23.9 Å². The Labute approximate surface area is 86.1 Å². The molecule has 1 saturated heterocycles. The fourth-order valence-corrected chi connectivity index (χ4v) is 2.29. The summed E-state index contributed by atoms with van der Waals surface area (Å²) in [6.45, 7) is 6.65. The molecule has 0 aromatic rings. The van der Waals surface area contributed by atoms with Gasteiger partial charge in [0.05, 0.1) is 5.71 Å². The van der Waals surface area contributed by atoms with Crippen LogP contribution in [0.15, 0.2) is 5.16 Å². The highest BCUT2D eigenvalue weighted by Gasteiger charge is 2.23. The summed E-state index contributed by atoms with van der Waals surface area (Å²) in [5.74, 6) is 0. The largest absolute Gasteiger partial charge is 0.392 e. The van der Waals surface area contributed by atoms with Gasteiger partial charge in [0, 0.05) is 19.0 Å². The van der Waals surface area contributed by atoms with Crippen molar-refractivity contribution >= 4 is 5.71 Å². The Morgan fingerprint density at radius 3 is 2.93 bits per heavy atom. The van der Waals surface area contributed by atoms with Crippen molar-refractivity contribution < 1.29 is 4.84 Å². The third kappa shape index (κ3) is 2.27. The summed E-state index contributed by atoms with van der Waals surface area (Å²) in [7, 11) is 0. The van der Waals surface area contributed by atoms with E-state index >= 15 is 0 Å². The topological polar surface area (TPSA) is 24.8 Å². The lowest BCUT2D eigenvalue weighted by molar-refractivity contribution is 0.0994. The Hall–Kier alpha value is -0.570. The summed E-state index contributed by atoms with van der Waals surface area (Å²) < 4.78 is 0. The van der Waals surface area contributed by atoms with E-state index in [9.17, 15) is 0 Å². The second-order valence-corrected chi connectivity index (χ2v) is 4.59. The van der Waals surface area contributed by atoms with Crippen LogP contribution in [0.3, 0.4) is 0 Å². The van der Waals surface area contributed by atoms with Gasteiger partial charge in [0.15, 0.2) is 0 Å². The number of oxime groups is 1. The molecule has 0 aromatic carbocycles. The smallest absolute Gasteiger partial charge is 0.130 e. The van der Waals surface area contributed by atoms with Crippen LogP contribution in [0.4, 0.5) is 0 Å². The van der Waals surface area contributed by atoms with Crippen molar-refractivity contribution in [1.82, 2.24) is 4.90 Å². The van der Waals surface area contributed by atoms with Crippen LogP contribution in [-0.4, -0.2) is 35.8 Å². The van der Waals surface area contributed by atoms with Crippen molar-refractivity contribution in [3.8, 4) is 0 Å². The molecular formula is C11H20N2O. The van der Waals surface area contributed by atoms with Gasteiger partial charge in [-0.05, 0) is 33.2 Å². The molecule has 3 nitrogen and oxygen atoms in total. The Kier molecular flexibility index (Phi) is 3.06. The van der Waals surface area contributed by atoms with Gasteiger partial charge in [0.2, 0.25) is 0 Å². The van der Waals surface area contributed by atoms with Crippen LogP contribution >= 0.6 is 0 Å². The third-order valence-corrected chi connectivity index (χ3v) is 3.21. The van der Waals surface area contributed by atoms with Crippen LogP contribution in [0.2, 0.25) is 0 Å². The van der Waals surface area contributed by atoms with Gasteiger partial charge in [-0.15, -0.1) is 0 Å². The summed E-state index contributed by atoms with van der Waals surface area (Å²) in [6.07, 6.45) is 5.38. The molecule has 2 atom stereocenters. The zero-order chi connectivity index (χ0) is 9.97. The van der Waals surface area contributed by atoms with E-state index in [4.69, 9.17) is 4.84 Å². The molecule has 0 saturated carbocycles. The fraction of sp³-hybridized carbons (Fsp3) is 0.909. The van der Waals surface area contributed by atoms with Gasteiger partial charge in [-0.2, -0.15) is 0 Å². The molecule has 2 heterocycles. The molecule has 14 heavy (non-hydrogen) atoms. The molecule has 80 valence electrons. The minimum atomic E-state index is 0.296. The molecule has 2 rings (SSSR count). The number of rotatable bonds is 2. The first-order valence-electron chi connectivity index (χ1n) is 5.71. The fourth-order valence-electron chi connectivity index (χ4n) is 2.29. The minimum Gasteiger partial charge on any atom is -0.392 e. The van der Waals surface area contributed by atoms with Crippen molar-refractivity contribution in [2.75, 3.05) is 13.1 Å². The van der Waals surface area contributed by atoms with Crippen LogP contribution in [0.25, 0.3) is 0 Å². The molecule has 1 fully saturated rings. The lowest BCUT2D eigenvalue weighted by Crippen LogP contribution is -2.40. The highest BCUT2D eigenvalue weighted by molar-refractivity contribution is 5.87. The monoisotopic (exact) mass is 196 g/mol. The van der Waals surface area contributed by atoms with Gasteiger partial charge >= 0.3 is 0 Å². The number of piperidine rings is 1. The molecule has 0 N–H and O–H groups in total. The Bertz CT molecular complexity index is 227. The number of hydrogen-bond acceptors (Lipinski definition) is 3. The number of hydrogen-bond donors (Lipinski definition) is 0. The molecular weight excluding hydrogens is 176 g/mol. The van der Waals surface area contributed by atoms with E-state index in [0.717, 1.165) is 19.0 Å². The summed E-state index contributed by atoms with van der Waals surface area (Å²) >= 11 is 0. The SMILES string of the molecule is CC1CC(CN2CCCCC2C)=NO1. The first-order chi connectivity index (χ1) is 6.75. The van der Waals surface area contributed by atoms with E-state index in [1.807, 2.05) is 0 Å². The van der Waals surface area contributed by atoms with Crippen molar-refractivity contribution in [3.63, 3.8) is 0 Å². The molecule has 0 aromatic heterocycles. The van der Waals surface area contributed by atoms with E-state index < -0.39 is 0 Å². The van der Waals surface area contributed by atoms with E-state index in [1.165, 1.54) is 31.5 Å². The lowest BCUT2D eigenvalue weighted by Gasteiger charge is -2.32. The second-order valence-electron chi connectivity index (χ2n) is 4.59. The normalized spacial score (nSPS) is 34.0. The highest BCUT2D eigenvalue weighted by atomic mass is 16.6. The van der Waals surface area contributed by atoms with E-state index in [1.54, 1.807) is 0 Å². The number of likely N-dealkylation sites (tertiary alicyclic amines) is 1. The maximum atomic E-state index is 5.20. The van der Waals surface area contributed by atoms with Gasteiger partial charge in [0.1, 0.15) is 6.10 Å². The van der Waals surface area contributed by atoms with Crippen LogP contribution in [-0.2, 0) is 4.84 Å². The van der Waals surface area contributed by atoms with Crippen LogP contribution < -0.4 is 0 Å². The van der Waals surface area contributed by atoms with Gasteiger partial charge in [-0.25, -0.2) is 0 Å². The van der Waals surface area contributed by atoms with Crippen molar-refractivity contribution in [1.29, 1.82) is 0 Å². The summed E-state index contributed by atoms with van der Waals surface area (Å²) in [4.78, 5) is 7.73. The molecule has 0 radical (unpaired) electrons. The Morgan fingerprint density at radius 1 is 1.43 bits per heavy atom. The summed E-state index contributed by atoms with van der Waals surface area (Å²) in [6, 6.07) is 0.724. The zero-order valence-electron chi connectivity index (χ0n) is 9.20. The van der Waals surface area contributed by atoms with Crippen LogP contribution in [0.5, 0.6) is 0 Å². The first kappa shape index (κ1) is 9.97. The predicted molar refractivity (Wildman–Crippen MR) is 57.5 cm³/mol. The maximum absolute atomic E-state index is 5.20. The minimum absolute atomic E-state index is 0.296. The van der Waals surface area contributed by atoms with Gasteiger partial charge in [-0.3, -0.25) is 4.90 Å². The quantitative estimate of drug-likeness (QED) is 0.675. The molecule has 3 heteroatoms. The molecule has 2 aliphatic rings. The third-order valence-electron chi connectivity index (χ3n) is 3.21. The average Bonchev–Trinajstić information content (AvgIpc) is 2.56. The molecule has 0 amide bonds. The van der Waals surface area contributed by atoms with Crippen LogP contribution in [0, 0.1) is 0 Å². The van der Waals surface area contributed by atoms with Crippen molar-refractivity contribution in [2.24, 2.45) is 5.16 Å². The molecule has 2 unspecified atom stereocenters. The van der Waals surface area contributed by atoms with E-state index in [-0.39, 0.29) is 0 Å². The second kappa shape index (κ2) is 4.30. The van der Waals surface area contributed by atoms with Gasteiger partial charge < -0.3 is 4.84 Å². The Balaban J connectivity index is 1.84. The Morgan fingerprint density at radius 2 is 2.29 bits per heavy atom. The average molecular weight is 196 g/mol. The molecule has 0 aliphatic carbocycles. The van der Waals surface area contributed by atoms with E-state index in [0.29, 0.717) is 6.10 Å². The standard InChI is InChI=1S/C11H20N2O/c1-9-5-3-4-6-13(9)8-11-7-10(2)14-12-11/h9-10H,3-8H2,1-2H3. The van der Waals surface area contributed by atoms with Crippen molar-refractivity contribution in [3.05, 3.63) is 0 Å². The summed E-state index contributed by atoms with van der Waals surface area (Å²) in [5, 5.41) is 4.12. The maximum Gasteiger partial charge on any atom is 0.130 e. The zero-order valence-corrected chi connectivity index (χ0v) is 9.20. The number of nitrogens with zero attached hydrogens (tertiary/aromatic N) is 2. The summed E-state index contributed by atoms with van der Waals surface area (Å²) in [5.41, 5.74) is 1.23. The lowest BCUT2D eigenvalue weighted by atomic mass is 10.0. The molecule has 0 spiro atoms. The molecule has 2 aliphatic heterocycles.